The summed E-state index contributed by atoms with van der Waals surface area (Å²) in [6, 6.07) is 8.43. The smallest absolute Gasteiger partial charge is 0.244 e. The highest BCUT2D eigenvalue weighted by molar-refractivity contribution is 5.55. The lowest BCUT2D eigenvalue weighted by atomic mass is 9.89. The van der Waals surface area contributed by atoms with Gasteiger partial charge in [0.25, 0.3) is 0 Å². The van der Waals surface area contributed by atoms with E-state index in [-0.39, 0.29) is 6.04 Å². The van der Waals surface area contributed by atoms with Crippen LogP contribution < -0.4 is 10.1 Å². The highest BCUT2D eigenvalue weighted by Gasteiger charge is 2.34. The second-order valence-corrected chi connectivity index (χ2v) is 7.99. The molecule has 6 nitrogen and oxygen atoms in total. The van der Waals surface area contributed by atoms with Crippen molar-refractivity contribution in [2.24, 2.45) is 5.92 Å². The molecular formula is C21H30N4O2. The van der Waals surface area contributed by atoms with Crippen molar-refractivity contribution in [2.45, 2.75) is 50.6 Å². The quantitative estimate of drug-likeness (QED) is 0.837. The molecule has 0 bridgehead atoms. The summed E-state index contributed by atoms with van der Waals surface area (Å²) in [7, 11) is 3.81. The van der Waals surface area contributed by atoms with Crippen LogP contribution in [0, 0.1) is 5.92 Å². The van der Waals surface area contributed by atoms with Gasteiger partial charge in [0.1, 0.15) is 5.75 Å². The normalized spacial score (nSPS) is 24.4. The van der Waals surface area contributed by atoms with E-state index in [1.165, 1.54) is 32.1 Å². The number of benzene rings is 1. The number of nitrogens with zero attached hydrogens (tertiary/aromatic N) is 3. The molecular weight excluding hydrogens is 340 g/mol. The second kappa shape index (κ2) is 8.40. The average molecular weight is 370 g/mol. The first-order valence-corrected chi connectivity index (χ1v) is 10.1. The van der Waals surface area contributed by atoms with Crippen molar-refractivity contribution in [1.29, 1.82) is 0 Å². The van der Waals surface area contributed by atoms with Crippen LogP contribution in [0.4, 0.5) is 0 Å². The third-order valence-electron chi connectivity index (χ3n) is 6.04. The largest absolute Gasteiger partial charge is 0.497 e. The number of likely N-dealkylation sites (tertiary alicyclic amines) is 1. The summed E-state index contributed by atoms with van der Waals surface area (Å²) < 4.78 is 10.8. The molecule has 2 aromatic rings. The monoisotopic (exact) mass is 370 g/mol. The van der Waals surface area contributed by atoms with E-state index in [1.54, 1.807) is 7.11 Å². The number of ether oxygens (including phenoxy) is 1. The molecule has 0 amide bonds. The van der Waals surface area contributed by atoms with Crippen LogP contribution in [0.2, 0.25) is 0 Å². The van der Waals surface area contributed by atoms with E-state index in [4.69, 9.17) is 9.26 Å². The van der Waals surface area contributed by atoms with Gasteiger partial charge in [-0.15, -0.1) is 0 Å². The summed E-state index contributed by atoms with van der Waals surface area (Å²) in [5.41, 5.74) is 0.943. The van der Waals surface area contributed by atoms with Crippen molar-refractivity contribution in [3.05, 3.63) is 30.2 Å². The molecule has 0 spiro atoms. The number of hydrogen-bond donors (Lipinski definition) is 1. The lowest BCUT2D eigenvalue weighted by molar-refractivity contribution is 0.244. The number of rotatable bonds is 6. The standard InChI is InChI=1S/C21H30N4O2/c1-25-14-17(22-13-15-6-4-3-5-7-15)12-19(25)21-23-20(24-27-21)16-8-10-18(26-2)11-9-16/h8-11,15,17,19,22H,3-7,12-14H2,1-2H3. The predicted octanol–water partition coefficient (Wildman–Crippen LogP) is 3.66. The fraction of sp³-hybridized carbons (Fsp3) is 0.619. The maximum absolute atomic E-state index is 5.61. The van der Waals surface area contributed by atoms with Gasteiger partial charge in [0.15, 0.2) is 0 Å². The molecule has 4 rings (SSSR count). The SMILES string of the molecule is COc1ccc(-c2noc(C3CC(NCC4CCCCC4)CN3C)n2)cc1. The number of aromatic nitrogens is 2. The summed E-state index contributed by atoms with van der Waals surface area (Å²) in [5.74, 6) is 3.03. The first kappa shape index (κ1) is 18.4. The molecule has 1 aliphatic carbocycles. The molecule has 2 heterocycles. The van der Waals surface area contributed by atoms with E-state index in [9.17, 15) is 0 Å². The molecule has 2 aliphatic rings. The van der Waals surface area contributed by atoms with E-state index >= 15 is 0 Å². The van der Waals surface area contributed by atoms with E-state index in [1.807, 2.05) is 24.3 Å². The highest BCUT2D eigenvalue weighted by Crippen LogP contribution is 2.31. The van der Waals surface area contributed by atoms with Crippen LogP contribution in [0.15, 0.2) is 28.8 Å². The maximum Gasteiger partial charge on any atom is 0.244 e. The zero-order valence-corrected chi connectivity index (χ0v) is 16.4. The van der Waals surface area contributed by atoms with Crippen LogP contribution in [-0.4, -0.2) is 48.3 Å². The third-order valence-corrected chi connectivity index (χ3v) is 6.04. The molecule has 1 saturated carbocycles. The van der Waals surface area contributed by atoms with E-state index in [0.29, 0.717) is 17.8 Å². The van der Waals surface area contributed by atoms with Gasteiger partial charge in [0.05, 0.1) is 13.2 Å². The Morgan fingerprint density at radius 3 is 2.70 bits per heavy atom. The van der Waals surface area contributed by atoms with Gasteiger partial charge in [-0.1, -0.05) is 24.4 Å². The van der Waals surface area contributed by atoms with Crippen LogP contribution in [0.3, 0.4) is 0 Å². The summed E-state index contributed by atoms with van der Waals surface area (Å²) >= 11 is 0. The van der Waals surface area contributed by atoms with Gasteiger partial charge in [-0.05, 0) is 63.0 Å². The van der Waals surface area contributed by atoms with Gasteiger partial charge >= 0.3 is 0 Å². The van der Waals surface area contributed by atoms with Gasteiger partial charge < -0.3 is 14.6 Å². The van der Waals surface area contributed by atoms with Crippen LogP contribution in [0.1, 0.15) is 50.5 Å². The fourth-order valence-corrected chi connectivity index (χ4v) is 4.39. The van der Waals surface area contributed by atoms with E-state index in [2.05, 4.69) is 27.4 Å². The predicted molar refractivity (Wildman–Crippen MR) is 105 cm³/mol. The Balaban J connectivity index is 1.36. The second-order valence-electron chi connectivity index (χ2n) is 7.99. The Hall–Kier alpha value is -1.92. The van der Waals surface area contributed by atoms with Crippen molar-refractivity contribution in [1.82, 2.24) is 20.4 Å². The lowest BCUT2D eigenvalue weighted by Crippen LogP contribution is -2.35. The van der Waals surface area contributed by atoms with E-state index < -0.39 is 0 Å². The molecule has 1 saturated heterocycles. The van der Waals surface area contributed by atoms with Crippen molar-refractivity contribution in [3.63, 3.8) is 0 Å². The van der Waals surface area contributed by atoms with Crippen LogP contribution in [0.25, 0.3) is 11.4 Å². The maximum atomic E-state index is 5.61. The summed E-state index contributed by atoms with van der Waals surface area (Å²) in [5, 5.41) is 7.98. The van der Waals surface area contributed by atoms with Crippen LogP contribution in [0.5, 0.6) is 5.75 Å². The van der Waals surface area contributed by atoms with E-state index in [0.717, 1.165) is 36.7 Å². The minimum atomic E-state index is 0.188. The Kier molecular flexibility index (Phi) is 5.74. The Morgan fingerprint density at radius 2 is 1.96 bits per heavy atom. The topological polar surface area (TPSA) is 63.4 Å². The Labute approximate surface area is 161 Å². The zero-order chi connectivity index (χ0) is 18.6. The lowest BCUT2D eigenvalue weighted by Gasteiger charge is -2.23. The van der Waals surface area contributed by atoms with Crippen molar-refractivity contribution < 1.29 is 9.26 Å². The zero-order valence-electron chi connectivity index (χ0n) is 16.4. The number of methoxy groups -OCH3 is 1. The number of likely N-dealkylation sites (N-methyl/N-ethyl adjacent to an activating group) is 1. The molecule has 2 atom stereocenters. The molecule has 1 aromatic heterocycles. The molecule has 1 N–H and O–H groups in total. The molecule has 0 radical (unpaired) electrons. The third kappa shape index (κ3) is 4.33. The van der Waals surface area contributed by atoms with Gasteiger partial charge in [0, 0.05) is 18.2 Å². The average Bonchev–Trinajstić information content (AvgIpc) is 3.34. The van der Waals surface area contributed by atoms with Crippen LogP contribution >= 0.6 is 0 Å². The molecule has 146 valence electrons. The fourth-order valence-electron chi connectivity index (χ4n) is 4.39. The van der Waals surface area contributed by atoms with Crippen molar-refractivity contribution >= 4 is 0 Å². The summed E-state index contributed by atoms with van der Waals surface area (Å²) in [6.07, 6.45) is 8.00. The summed E-state index contributed by atoms with van der Waals surface area (Å²) in [4.78, 5) is 6.99. The Morgan fingerprint density at radius 1 is 1.19 bits per heavy atom. The first-order chi connectivity index (χ1) is 13.2. The van der Waals surface area contributed by atoms with Crippen molar-refractivity contribution in [3.8, 4) is 17.1 Å². The molecule has 6 heteroatoms. The Bertz CT molecular complexity index is 724. The van der Waals surface area contributed by atoms with Gasteiger partial charge in [-0.3, -0.25) is 4.90 Å². The van der Waals surface area contributed by atoms with Gasteiger partial charge in [-0.25, -0.2) is 0 Å². The molecule has 1 aliphatic heterocycles. The number of nitrogens with one attached hydrogen (secondary N) is 1. The molecule has 1 aromatic carbocycles. The minimum Gasteiger partial charge on any atom is -0.497 e. The minimum absolute atomic E-state index is 0.188. The summed E-state index contributed by atoms with van der Waals surface area (Å²) in [6.45, 7) is 2.17. The van der Waals surface area contributed by atoms with Crippen LogP contribution in [-0.2, 0) is 0 Å². The first-order valence-electron chi connectivity index (χ1n) is 10.1. The molecule has 2 unspecified atom stereocenters. The highest BCUT2D eigenvalue weighted by atomic mass is 16.5. The van der Waals surface area contributed by atoms with Gasteiger partial charge in [0.2, 0.25) is 11.7 Å². The molecule has 2 fully saturated rings. The number of hydrogen-bond acceptors (Lipinski definition) is 6. The molecule has 27 heavy (non-hydrogen) atoms. The van der Waals surface area contributed by atoms with Gasteiger partial charge in [-0.2, -0.15) is 4.98 Å². The van der Waals surface area contributed by atoms with Crippen molar-refractivity contribution in [2.75, 3.05) is 27.2 Å².